The summed E-state index contributed by atoms with van der Waals surface area (Å²) in [7, 11) is 1.73. The molecule has 0 saturated carbocycles. The lowest BCUT2D eigenvalue weighted by Gasteiger charge is -2.16. The Morgan fingerprint density at radius 1 is 1.43 bits per heavy atom. The van der Waals surface area contributed by atoms with Crippen molar-refractivity contribution in [2.24, 2.45) is 5.73 Å². The van der Waals surface area contributed by atoms with Crippen molar-refractivity contribution in [2.45, 2.75) is 6.54 Å². The van der Waals surface area contributed by atoms with E-state index in [0.29, 0.717) is 22.7 Å². The molecule has 0 fully saturated rings. The molecule has 0 atom stereocenters. The Kier molecular flexibility index (Phi) is 5.04. The smallest absolute Gasteiger partial charge is 0.253 e. The van der Waals surface area contributed by atoms with E-state index in [9.17, 15) is 4.79 Å². The molecule has 1 aromatic heterocycles. The summed E-state index contributed by atoms with van der Waals surface area (Å²) in [6.07, 6.45) is 3.19. The number of hydrogen-bond acceptors (Lipinski definition) is 3. The molecule has 0 aliphatic carbocycles. The molecule has 2 aromatic rings. The predicted octanol–water partition coefficient (Wildman–Crippen LogP) is 2.52. The molecule has 5 heteroatoms. The van der Waals surface area contributed by atoms with Crippen LogP contribution in [0.25, 0.3) is 0 Å². The zero-order valence-corrected chi connectivity index (χ0v) is 12.4. The molecule has 0 spiro atoms. The fraction of sp³-hybridized carbons (Fsp3) is 0.188. The van der Waals surface area contributed by atoms with E-state index in [1.54, 1.807) is 42.7 Å². The summed E-state index contributed by atoms with van der Waals surface area (Å²) in [6.45, 7) is 0.742. The van der Waals surface area contributed by atoms with Crippen LogP contribution in [0.5, 0.6) is 0 Å². The number of furan rings is 1. The monoisotopic (exact) mass is 302 g/mol. The van der Waals surface area contributed by atoms with Crippen molar-refractivity contribution in [3.63, 3.8) is 0 Å². The van der Waals surface area contributed by atoms with Crippen molar-refractivity contribution in [1.29, 1.82) is 0 Å². The molecule has 0 saturated heterocycles. The normalized spacial score (nSPS) is 9.86. The predicted molar refractivity (Wildman–Crippen MR) is 81.9 cm³/mol. The maximum atomic E-state index is 12.3. The van der Waals surface area contributed by atoms with Gasteiger partial charge in [0.25, 0.3) is 5.91 Å². The van der Waals surface area contributed by atoms with Gasteiger partial charge in [-0.2, -0.15) is 0 Å². The van der Waals surface area contributed by atoms with Gasteiger partial charge in [-0.25, -0.2) is 0 Å². The van der Waals surface area contributed by atoms with Gasteiger partial charge in [0, 0.05) is 30.3 Å². The summed E-state index contributed by atoms with van der Waals surface area (Å²) >= 11 is 6.13. The maximum Gasteiger partial charge on any atom is 0.253 e. The van der Waals surface area contributed by atoms with Gasteiger partial charge >= 0.3 is 0 Å². The van der Waals surface area contributed by atoms with Crippen LogP contribution in [0.4, 0.5) is 0 Å². The number of carbonyl (C=O) groups is 1. The second-order valence-electron chi connectivity index (χ2n) is 4.49. The SMILES string of the molecule is CN(Cc1ccoc1)C(=O)c1ccc(C#CCN)c(Cl)c1. The van der Waals surface area contributed by atoms with E-state index in [0.717, 1.165) is 5.56 Å². The van der Waals surface area contributed by atoms with Crippen molar-refractivity contribution < 1.29 is 9.21 Å². The van der Waals surface area contributed by atoms with Crippen LogP contribution in [0.2, 0.25) is 5.02 Å². The molecule has 1 heterocycles. The fourth-order valence-corrected chi connectivity index (χ4v) is 2.07. The lowest BCUT2D eigenvalue weighted by atomic mass is 10.1. The van der Waals surface area contributed by atoms with E-state index in [-0.39, 0.29) is 12.5 Å². The number of benzene rings is 1. The summed E-state index contributed by atoms with van der Waals surface area (Å²) in [4.78, 5) is 13.9. The molecule has 2 N–H and O–H groups in total. The van der Waals surface area contributed by atoms with Gasteiger partial charge in [-0.1, -0.05) is 23.4 Å². The van der Waals surface area contributed by atoms with Crippen LogP contribution < -0.4 is 5.73 Å². The Balaban J connectivity index is 2.14. The van der Waals surface area contributed by atoms with Crippen molar-refractivity contribution >= 4 is 17.5 Å². The number of halogens is 1. The molecule has 0 aliphatic heterocycles. The highest BCUT2D eigenvalue weighted by molar-refractivity contribution is 6.32. The zero-order valence-electron chi connectivity index (χ0n) is 11.6. The standard InChI is InChI=1S/C16H15ClN2O2/c1-19(10-12-6-8-21-11-12)16(20)14-5-4-13(3-2-7-18)15(17)9-14/h4-6,8-9,11H,7,10,18H2,1H3. The van der Waals surface area contributed by atoms with Gasteiger partial charge < -0.3 is 15.1 Å². The van der Waals surface area contributed by atoms with E-state index in [4.69, 9.17) is 21.8 Å². The van der Waals surface area contributed by atoms with E-state index >= 15 is 0 Å². The van der Waals surface area contributed by atoms with Crippen molar-refractivity contribution in [3.8, 4) is 11.8 Å². The van der Waals surface area contributed by atoms with Crippen LogP contribution in [-0.4, -0.2) is 24.4 Å². The van der Waals surface area contributed by atoms with Crippen molar-refractivity contribution in [1.82, 2.24) is 4.90 Å². The third-order valence-electron chi connectivity index (χ3n) is 2.89. The van der Waals surface area contributed by atoms with Crippen LogP contribution in [0.3, 0.4) is 0 Å². The van der Waals surface area contributed by atoms with Crippen LogP contribution in [0, 0.1) is 11.8 Å². The van der Waals surface area contributed by atoms with E-state index in [1.165, 1.54) is 0 Å². The van der Waals surface area contributed by atoms with Crippen LogP contribution in [-0.2, 0) is 6.54 Å². The average molecular weight is 303 g/mol. The highest BCUT2D eigenvalue weighted by atomic mass is 35.5. The molecule has 1 amide bonds. The Bertz CT molecular complexity index is 684. The van der Waals surface area contributed by atoms with Gasteiger partial charge in [0.05, 0.1) is 24.1 Å². The Morgan fingerprint density at radius 3 is 2.86 bits per heavy atom. The minimum Gasteiger partial charge on any atom is -0.472 e. The topological polar surface area (TPSA) is 59.5 Å². The second kappa shape index (κ2) is 6.98. The highest BCUT2D eigenvalue weighted by Crippen LogP contribution is 2.18. The summed E-state index contributed by atoms with van der Waals surface area (Å²) in [6, 6.07) is 6.88. The molecule has 0 bridgehead atoms. The zero-order chi connectivity index (χ0) is 15.2. The van der Waals surface area contributed by atoms with Crippen molar-refractivity contribution in [3.05, 3.63) is 58.5 Å². The highest BCUT2D eigenvalue weighted by Gasteiger charge is 2.13. The molecule has 0 radical (unpaired) electrons. The van der Waals surface area contributed by atoms with Crippen LogP contribution >= 0.6 is 11.6 Å². The minimum absolute atomic E-state index is 0.114. The fourth-order valence-electron chi connectivity index (χ4n) is 1.84. The molecule has 1 aromatic carbocycles. The molecular formula is C16H15ClN2O2. The number of carbonyl (C=O) groups excluding carboxylic acids is 1. The Morgan fingerprint density at radius 2 is 2.24 bits per heavy atom. The summed E-state index contributed by atoms with van der Waals surface area (Å²) in [5.41, 5.74) is 7.44. The minimum atomic E-state index is -0.114. The van der Waals surface area contributed by atoms with Gasteiger partial charge in [0.2, 0.25) is 0 Å². The Labute approximate surface area is 128 Å². The third-order valence-corrected chi connectivity index (χ3v) is 3.20. The molecule has 4 nitrogen and oxygen atoms in total. The largest absolute Gasteiger partial charge is 0.472 e. The first-order chi connectivity index (χ1) is 10.1. The van der Waals surface area contributed by atoms with Gasteiger partial charge in [0.1, 0.15) is 0 Å². The molecule has 21 heavy (non-hydrogen) atoms. The molecule has 0 aliphatic rings. The quantitative estimate of drug-likeness (QED) is 0.886. The number of rotatable bonds is 3. The average Bonchev–Trinajstić information content (AvgIpc) is 2.98. The van der Waals surface area contributed by atoms with E-state index < -0.39 is 0 Å². The van der Waals surface area contributed by atoms with Crippen LogP contribution in [0.15, 0.2) is 41.2 Å². The molecule has 2 rings (SSSR count). The second-order valence-corrected chi connectivity index (χ2v) is 4.90. The first-order valence-corrected chi connectivity index (χ1v) is 6.74. The third kappa shape index (κ3) is 3.88. The van der Waals surface area contributed by atoms with Crippen molar-refractivity contribution in [2.75, 3.05) is 13.6 Å². The number of hydrogen-bond donors (Lipinski definition) is 1. The summed E-state index contributed by atoms with van der Waals surface area (Å²) in [5, 5.41) is 0.443. The molecule has 0 unspecified atom stereocenters. The number of nitrogens with two attached hydrogens (primary N) is 1. The van der Waals surface area contributed by atoms with Gasteiger partial charge in [-0.3, -0.25) is 4.79 Å². The maximum absolute atomic E-state index is 12.3. The van der Waals surface area contributed by atoms with Gasteiger partial charge in [-0.05, 0) is 24.3 Å². The van der Waals surface area contributed by atoms with E-state index in [2.05, 4.69) is 11.8 Å². The van der Waals surface area contributed by atoms with E-state index in [1.807, 2.05) is 6.07 Å². The lowest BCUT2D eigenvalue weighted by molar-refractivity contribution is 0.0785. The number of amides is 1. The summed E-state index contributed by atoms with van der Waals surface area (Å²) < 4.78 is 4.99. The lowest BCUT2D eigenvalue weighted by Crippen LogP contribution is -2.26. The molecule has 108 valence electrons. The van der Waals surface area contributed by atoms with Crippen LogP contribution in [0.1, 0.15) is 21.5 Å². The first kappa shape index (κ1) is 15.2. The Hall–Kier alpha value is -2.22. The van der Waals surface area contributed by atoms with Gasteiger partial charge in [0.15, 0.2) is 0 Å². The summed E-state index contributed by atoms with van der Waals surface area (Å²) in [5.74, 6) is 5.48. The number of nitrogens with zero attached hydrogens (tertiary/aromatic N) is 1. The first-order valence-electron chi connectivity index (χ1n) is 6.37. The van der Waals surface area contributed by atoms with Gasteiger partial charge in [-0.15, -0.1) is 0 Å². The molecular weight excluding hydrogens is 288 g/mol.